The van der Waals surface area contributed by atoms with Gasteiger partial charge in [-0.2, -0.15) is 5.26 Å². The van der Waals surface area contributed by atoms with E-state index >= 15 is 0 Å². The molecule has 12 heteroatoms. The van der Waals surface area contributed by atoms with E-state index in [2.05, 4.69) is 61.2 Å². The van der Waals surface area contributed by atoms with Crippen molar-refractivity contribution in [3.8, 4) is 17.6 Å². The standard InChI is InChI=1S/C60H61N4O7P/c1-41(2)64(42(3)4)72(70-38-12-37-61)71-40-36-44-21-29-49(30-22-44)63-55-18-11-16-53-57(55)59(66)56-52(58(53)65)15-10-17-54(56)62-48-27-19-43(20-28-48)35-39-69-60(45-13-8-7-9-14-45,46-23-31-50(67-5)32-24-46)47-25-33-51(68-6)34-26-47/h7-11,13-34,41-42,62-63H,12,35-36,38-40H2,1-6H3. The van der Waals surface area contributed by atoms with Crippen molar-refractivity contribution in [3.63, 3.8) is 0 Å². The minimum Gasteiger partial charge on any atom is -0.497 e. The molecular weight excluding hydrogens is 920 g/mol. The number of ketones is 2. The molecule has 11 nitrogen and oxygen atoms in total. The first-order valence-corrected chi connectivity index (χ1v) is 25.4. The summed E-state index contributed by atoms with van der Waals surface area (Å²) in [5.41, 5.74) is 8.12. The van der Waals surface area contributed by atoms with Gasteiger partial charge in [-0.05, 0) is 129 Å². The third-order valence-corrected chi connectivity index (χ3v) is 14.8. The predicted molar refractivity (Wildman–Crippen MR) is 286 cm³/mol. The molecule has 1 atom stereocenters. The maximum Gasteiger partial charge on any atom is 0.259 e. The summed E-state index contributed by atoms with van der Waals surface area (Å²) in [7, 11) is 1.99. The number of nitrogens with zero attached hydrogens (tertiary/aromatic N) is 2. The van der Waals surface area contributed by atoms with Crippen LogP contribution in [0.1, 0.15) is 93.8 Å². The predicted octanol–water partition coefficient (Wildman–Crippen LogP) is 13.4. The Hall–Kier alpha value is -7.16. The van der Waals surface area contributed by atoms with Gasteiger partial charge in [0.2, 0.25) is 0 Å². The molecule has 0 aliphatic heterocycles. The number of ether oxygens (including phenoxy) is 3. The molecule has 2 N–H and O–H groups in total. The largest absolute Gasteiger partial charge is 0.497 e. The number of carbonyl (C=O) groups is 2. The number of anilines is 4. The smallest absolute Gasteiger partial charge is 0.259 e. The molecule has 0 saturated carbocycles. The van der Waals surface area contributed by atoms with Gasteiger partial charge in [-0.1, -0.05) is 103 Å². The van der Waals surface area contributed by atoms with Crippen LogP contribution in [-0.2, 0) is 32.2 Å². The highest BCUT2D eigenvalue weighted by molar-refractivity contribution is 7.44. The Balaban J connectivity index is 0.956. The topological polar surface area (TPSA) is 131 Å². The van der Waals surface area contributed by atoms with Crippen molar-refractivity contribution in [2.75, 3.05) is 44.7 Å². The van der Waals surface area contributed by atoms with E-state index in [1.165, 1.54) is 0 Å². The zero-order valence-electron chi connectivity index (χ0n) is 41.7. The van der Waals surface area contributed by atoms with Crippen molar-refractivity contribution >= 4 is 42.8 Å². The van der Waals surface area contributed by atoms with Crippen LogP contribution in [0.5, 0.6) is 11.5 Å². The average Bonchev–Trinajstić information content (AvgIpc) is 3.40. The molecule has 0 radical (unpaired) electrons. The van der Waals surface area contributed by atoms with E-state index in [-0.39, 0.29) is 23.7 Å². The quantitative estimate of drug-likeness (QED) is 0.0361. The third kappa shape index (κ3) is 11.5. The van der Waals surface area contributed by atoms with Gasteiger partial charge in [0.25, 0.3) is 8.53 Å². The Bertz CT molecular complexity index is 2920. The zero-order valence-corrected chi connectivity index (χ0v) is 42.6. The lowest BCUT2D eigenvalue weighted by Gasteiger charge is -2.36. The fourth-order valence-corrected chi connectivity index (χ4v) is 10.8. The Kier molecular flexibility index (Phi) is 17.0. The summed E-state index contributed by atoms with van der Waals surface area (Å²) < 4.78 is 32.7. The van der Waals surface area contributed by atoms with Crippen molar-refractivity contribution in [1.29, 1.82) is 5.26 Å². The van der Waals surface area contributed by atoms with Gasteiger partial charge in [-0.25, -0.2) is 4.67 Å². The van der Waals surface area contributed by atoms with Crippen molar-refractivity contribution in [1.82, 2.24) is 4.67 Å². The number of hydrogen-bond acceptors (Lipinski definition) is 11. The van der Waals surface area contributed by atoms with Gasteiger partial charge < -0.3 is 33.9 Å². The molecule has 0 aromatic heterocycles. The number of rotatable bonds is 23. The van der Waals surface area contributed by atoms with Gasteiger partial charge in [0, 0.05) is 34.6 Å². The number of hydrogen-bond donors (Lipinski definition) is 2. The Morgan fingerprint density at radius 3 is 1.46 bits per heavy atom. The van der Waals surface area contributed by atoms with Gasteiger partial charge >= 0.3 is 0 Å². The lowest BCUT2D eigenvalue weighted by molar-refractivity contribution is 0.0147. The van der Waals surface area contributed by atoms with Crippen LogP contribution in [0.4, 0.5) is 22.7 Å². The highest BCUT2D eigenvalue weighted by Crippen LogP contribution is 2.46. The first kappa shape index (κ1) is 51.2. The van der Waals surface area contributed by atoms with Gasteiger partial charge in [0.05, 0.1) is 69.0 Å². The average molecular weight is 981 g/mol. The molecular formula is C60H61N4O7P. The molecule has 0 heterocycles. The van der Waals surface area contributed by atoms with Crippen LogP contribution in [0.3, 0.4) is 0 Å². The molecule has 1 aliphatic carbocycles. The molecule has 7 aromatic carbocycles. The molecule has 7 aromatic rings. The summed E-state index contributed by atoms with van der Waals surface area (Å²) in [6.45, 7) is 9.64. The molecule has 8 rings (SSSR count). The van der Waals surface area contributed by atoms with E-state index in [1.807, 2.05) is 127 Å². The monoisotopic (exact) mass is 980 g/mol. The molecule has 0 bridgehead atoms. The van der Waals surface area contributed by atoms with Crippen LogP contribution < -0.4 is 20.1 Å². The fraction of sp³-hybridized carbons (Fsp3) is 0.250. The summed E-state index contributed by atoms with van der Waals surface area (Å²) in [4.78, 5) is 28.8. The normalized spacial score (nSPS) is 12.6. The molecule has 1 unspecified atom stereocenters. The van der Waals surface area contributed by atoms with Gasteiger partial charge in [-0.15, -0.1) is 0 Å². The number of nitriles is 1. The second-order valence-electron chi connectivity index (χ2n) is 18.0. The van der Waals surface area contributed by atoms with E-state index < -0.39 is 14.1 Å². The van der Waals surface area contributed by atoms with Crippen LogP contribution in [0.15, 0.2) is 164 Å². The first-order chi connectivity index (χ1) is 35.0. The SMILES string of the molecule is COc1ccc(C(OCCc2ccc(Nc3cccc4c3C(=O)c3c(Nc5ccc(CCOP(OCCC#N)N(C(C)C)C(C)C)cc5)cccc3C4=O)cc2)(c2ccccc2)c2ccc(OC)cc2)cc1. The van der Waals surface area contributed by atoms with Crippen LogP contribution in [0.2, 0.25) is 0 Å². The molecule has 0 saturated heterocycles. The Labute approximate surface area is 424 Å². The maximum atomic E-state index is 14.6. The lowest BCUT2D eigenvalue weighted by atomic mass is 9.80. The molecule has 72 heavy (non-hydrogen) atoms. The summed E-state index contributed by atoms with van der Waals surface area (Å²) in [6, 6.07) is 55.5. The minimum atomic E-state index is -1.33. The number of benzene rings is 7. The van der Waals surface area contributed by atoms with Crippen molar-refractivity contribution in [2.45, 2.75) is 64.6 Å². The van der Waals surface area contributed by atoms with E-state index in [9.17, 15) is 9.59 Å². The summed E-state index contributed by atoms with van der Waals surface area (Å²) in [5.74, 6) is 1.06. The van der Waals surface area contributed by atoms with Gasteiger partial charge in [-0.3, -0.25) is 9.59 Å². The number of carbonyl (C=O) groups excluding carboxylic acids is 2. The van der Waals surface area contributed by atoms with E-state index in [1.54, 1.807) is 38.5 Å². The van der Waals surface area contributed by atoms with Crippen molar-refractivity contribution in [3.05, 3.63) is 214 Å². The van der Waals surface area contributed by atoms with E-state index in [0.717, 1.165) is 50.7 Å². The number of nitrogens with one attached hydrogen (secondary N) is 2. The number of methoxy groups -OCH3 is 2. The summed E-state index contributed by atoms with van der Waals surface area (Å²) in [5, 5.41) is 15.9. The highest BCUT2D eigenvalue weighted by Gasteiger charge is 2.38. The van der Waals surface area contributed by atoms with E-state index in [4.69, 9.17) is 28.5 Å². The van der Waals surface area contributed by atoms with Crippen LogP contribution in [0.25, 0.3) is 0 Å². The third-order valence-electron chi connectivity index (χ3n) is 12.7. The second kappa shape index (κ2) is 23.8. The molecule has 0 fully saturated rings. The second-order valence-corrected chi connectivity index (χ2v) is 19.4. The Morgan fingerprint density at radius 1 is 0.542 bits per heavy atom. The van der Waals surface area contributed by atoms with Crippen molar-refractivity contribution < 1.29 is 32.8 Å². The van der Waals surface area contributed by atoms with Crippen LogP contribution in [0, 0.1) is 11.3 Å². The summed E-state index contributed by atoms with van der Waals surface area (Å²) in [6.07, 6.45) is 1.59. The Morgan fingerprint density at radius 2 is 1.00 bits per heavy atom. The maximum absolute atomic E-state index is 14.6. The number of fused-ring (bicyclic) bond motifs is 2. The molecule has 368 valence electrons. The van der Waals surface area contributed by atoms with E-state index in [0.29, 0.717) is 72.7 Å². The molecule has 0 spiro atoms. The minimum absolute atomic E-state index is 0.210. The first-order valence-electron chi connectivity index (χ1n) is 24.3. The van der Waals surface area contributed by atoms with Gasteiger partial charge in [0.1, 0.15) is 17.1 Å². The molecule has 1 aliphatic rings. The van der Waals surface area contributed by atoms with Gasteiger partial charge in [0.15, 0.2) is 11.6 Å². The lowest BCUT2D eigenvalue weighted by Crippen LogP contribution is -2.33. The summed E-state index contributed by atoms with van der Waals surface area (Å²) >= 11 is 0. The van der Waals surface area contributed by atoms with Crippen LogP contribution in [-0.4, -0.2) is 62.4 Å². The van der Waals surface area contributed by atoms with Crippen molar-refractivity contribution in [2.24, 2.45) is 0 Å². The molecule has 0 amide bonds. The fourth-order valence-electron chi connectivity index (χ4n) is 9.22. The highest BCUT2D eigenvalue weighted by atomic mass is 31.2. The van der Waals surface area contributed by atoms with Crippen LogP contribution >= 0.6 is 8.53 Å². The zero-order chi connectivity index (χ0) is 50.6.